The molecule has 0 spiro atoms. The van der Waals surface area contributed by atoms with Crippen LogP contribution >= 0.6 is 10.7 Å². The van der Waals surface area contributed by atoms with Gasteiger partial charge in [0.1, 0.15) is 0 Å². The largest absolute Gasteiger partial charge is 0.466 e. The van der Waals surface area contributed by atoms with Crippen molar-refractivity contribution in [2.75, 3.05) is 6.61 Å². The van der Waals surface area contributed by atoms with E-state index in [-0.39, 0.29) is 11.9 Å². The van der Waals surface area contributed by atoms with Gasteiger partial charge in [-0.25, -0.2) is 8.42 Å². The minimum atomic E-state index is -3.43. The summed E-state index contributed by atoms with van der Waals surface area (Å²) in [7, 11) is 1.86. The van der Waals surface area contributed by atoms with Gasteiger partial charge >= 0.3 is 5.97 Å². The Balaban J connectivity index is 2.35. The monoisotopic (exact) mass is 268 g/mol. The average Bonchev–Trinajstić information content (AvgIpc) is 2.17. The molecule has 0 aromatic heterocycles. The first-order valence-corrected chi connectivity index (χ1v) is 7.89. The molecule has 1 fully saturated rings. The molecule has 0 N–H and O–H groups in total. The van der Waals surface area contributed by atoms with Crippen molar-refractivity contribution < 1.29 is 17.9 Å². The molecule has 0 atom stereocenters. The van der Waals surface area contributed by atoms with E-state index in [9.17, 15) is 13.2 Å². The van der Waals surface area contributed by atoms with Crippen LogP contribution in [0.15, 0.2) is 0 Å². The Morgan fingerprint density at radius 2 is 1.88 bits per heavy atom. The molecule has 0 heterocycles. The Kier molecular flexibility index (Phi) is 5.05. The standard InChI is InChI=1S/C10H17ClO4S/c1-2-15-10(12)7-8-3-5-9(6-4-8)16(11,13)14/h8-9H,2-7H2,1H3/t8-,9-. The zero-order chi connectivity index (χ0) is 12.2. The quantitative estimate of drug-likeness (QED) is 0.578. The molecule has 1 aliphatic rings. The topological polar surface area (TPSA) is 60.4 Å². The molecular weight excluding hydrogens is 252 g/mol. The van der Waals surface area contributed by atoms with E-state index in [0.717, 1.165) is 12.8 Å². The van der Waals surface area contributed by atoms with Crippen molar-refractivity contribution in [2.45, 2.75) is 44.3 Å². The van der Waals surface area contributed by atoms with E-state index in [1.165, 1.54) is 0 Å². The summed E-state index contributed by atoms with van der Waals surface area (Å²) in [6, 6.07) is 0. The third-order valence-electron chi connectivity index (χ3n) is 2.95. The third-order valence-corrected chi connectivity index (χ3v) is 4.98. The summed E-state index contributed by atoms with van der Waals surface area (Å²) in [4.78, 5) is 11.2. The molecule has 0 unspecified atom stereocenters. The molecule has 0 bridgehead atoms. The first-order valence-electron chi connectivity index (χ1n) is 5.52. The van der Waals surface area contributed by atoms with Gasteiger partial charge in [-0.1, -0.05) is 0 Å². The summed E-state index contributed by atoms with van der Waals surface area (Å²) in [5.74, 6) is 0.0494. The van der Waals surface area contributed by atoms with Crippen molar-refractivity contribution in [2.24, 2.45) is 5.92 Å². The molecule has 1 aliphatic carbocycles. The van der Waals surface area contributed by atoms with E-state index in [2.05, 4.69) is 0 Å². The number of hydrogen-bond acceptors (Lipinski definition) is 4. The summed E-state index contributed by atoms with van der Waals surface area (Å²) in [5, 5.41) is -0.437. The fourth-order valence-electron chi connectivity index (χ4n) is 2.07. The fraction of sp³-hybridized carbons (Fsp3) is 0.900. The Labute approximate surface area is 101 Å². The lowest BCUT2D eigenvalue weighted by Crippen LogP contribution is -2.25. The second-order valence-corrected chi connectivity index (χ2v) is 7.04. The van der Waals surface area contributed by atoms with Gasteiger partial charge in [0.15, 0.2) is 0 Å². The summed E-state index contributed by atoms with van der Waals surface area (Å²) in [5.41, 5.74) is 0. The molecule has 0 saturated heterocycles. The lowest BCUT2D eigenvalue weighted by molar-refractivity contribution is -0.144. The predicted molar refractivity (Wildman–Crippen MR) is 61.8 cm³/mol. The van der Waals surface area contributed by atoms with Gasteiger partial charge < -0.3 is 4.74 Å². The van der Waals surface area contributed by atoms with E-state index < -0.39 is 14.3 Å². The highest BCUT2D eigenvalue weighted by molar-refractivity contribution is 8.14. The Bertz CT molecular complexity index is 331. The second kappa shape index (κ2) is 5.87. The smallest absolute Gasteiger partial charge is 0.306 e. The van der Waals surface area contributed by atoms with E-state index >= 15 is 0 Å². The molecule has 0 aromatic carbocycles. The lowest BCUT2D eigenvalue weighted by Gasteiger charge is -2.25. The molecule has 1 saturated carbocycles. The first kappa shape index (κ1) is 13.8. The Morgan fingerprint density at radius 3 is 2.31 bits per heavy atom. The number of carbonyl (C=O) groups is 1. The maximum absolute atomic E-state index is 11.2. The second-order valence-electron chi connectivity index (χ2n) is 4.13. The number of rotatable bonds is 4. The van der Waals surface area contributed by atoms with Crippen LogP contribution in [0.25, 0.3) is 0 Å². The minimum Gasteiger partial charge on any atom is -0.466 e. The van der Waals surface area contributed by atoms with Crippen molar-refractivity contribution in [1.29, 1.82) is 0 Å². The molecular formula is C10H17ClO4S. The van der Waals surface area contributed by atoms with Gasteiger partial charge in [-0.2, -0.15) is 0 Å². The summed E-state index contributed by atoms with van der Waals surface area (Å²) < 4.78 is 27.0. The van der Waals surface area contributed by atoms with Gasteiger partial charge in [-0.3, -0.25) is 4.79 Å². The fourth-order valence-corrected chi connectivity index (χ4v) is 3.44. The highest BCUT2D eigenvalue weighted by atomic mass is 35.7. The van der Waals surface area contributed by atoms with Gasteiger partial charge in [-0.15, -0.1) is 0 Å². The SMILES string of the molecule is CCOC(=O)C[C@H]1CC[C@H](S(=O)(=O)Cl)CC1. The molecule has 94 valence electrons. The van der Waals surface area contributed by atoms with Crippen LogP contribution < -0.4 is 0 Å². The number of carbonyl (C=O) groups excluding carboxylic acids is 1. The van der Waals surface area contributed by atoms with Crippen LogP contribution in [0, 0.1) is 5.92 Å². The van der Waals surface area contributed by atoms with E-state index in [1.807, 2.05) is 0 Å². The highest BCUT2D eigenvalue weighted by Gasteiger charge is 2.30. The van der Waals surface area contributed by atoms with Crippen LogP contribution in [-0.4, -0.2) is 26.2 Å². The van der Waals surface area contributed by atoms with E-state index in [1.54, 1.807) is 6.92 Å². The Hall–Kier alpha value is -0.290. The normalized spacial score (nSPS) is 26.4. The van der Waals surface area contributed by atoms with E-state index in [0.29, 0.717) is 25.9 Å². The highest BCUT2D eigenvalue weighted by Crippen LogP contribution is 2.31. The molecule has 16 heavy (non-hydrogen) atoms. The molecule has 1 rings (SSSR count). The van der Waals surface area contributed by atoms with Crippen LogP contribution in [0.2, 0.25) is 0 Å². The molecule has 0 amide bonds. The van der Waals surface area contributed by atoms with Gasteiger partial charge in [-0.05, 0) is 38.5 Å². The summed E-state index contributed by atoms with van der Waals surface area (Å²) in [6.07, 6.45) is 2.96. The van der Waals surface area contributed by atoms with Crippen LogP contribution in [0.1, 0.15) is 39.0 Å². The summed E-state index contributed by atoms with van der Waals surface area (Å²) in [6.45, 7) is 2.17. The van der Waals surface area contributed by atoms with Crippen molar-refractivity contribution in [1.82, 2.24) is 0 Å². The summed E-state index contributed by atoms with van der Waals surface area (Å²) >= 11 is 0. The van der Waals surface area contributed by atoms with Gasteiger partial charge in [0.2, 0.25) is 9.05 Å². The van der Waals surface area contributed by atoms with Crippen molar-refractivity contribution in [3.63, 3.8) is 0 Å². The zero-order valence-corrected chi connectivity index (χ0v) is 10.9. The number of esters is 1. The van der Waals surface area contributed by atoms with Crippen LogP contribution in [0.3, 0.4) is 0 Å². The molecule has 0 radical (unpaired) electrons. The first-order chi connectivity index (χ1) is 7.43. The third kappa shape index (κ3) is 4.29. The van der Waals surface area contributed by atoms with Crippen molar-refractivity contribution >= 4 is 25.7 Å². The lowest BCUT2D eigenvalue weighted by atomic mass is 9.87. The maximum atomic E-state index is 11.2. The van der Waals surface area contributed by atoms with Gasteiger partial charge in [0.05, 0.1) is 11.9 Å². The number of ether oxygens (including phenoxy) is 1. The number of hydrogen-bond donors (Lipinski definition) is 0. The van der Waals surface area contributed by atoms with Crippen LogP contribution in [0.5, 0.6) is 0 Å². The van der Waals surface area contributed by atoms with Crippen molar-refractivity contribution in [3.05, 3.63) is 0 Å². The van der Waals surface area contributed by atoms with Crippen LogP contribution in [-0.2, 0) is 18.6 Å². The zero-order valence-electron chi connectivity index (χ0n) is 9.32. The Morgan fingerprint density at radius 1 is 1.31 bits per heavy atom. The maximum Gasteiger partial charge on any atom is 0.306 e. The molecule has 4 nitrogen and oxygen atoms in total. The molecule has 0 aromatic rings. The van der Waals surface area contributed by atoms with Crippen LogP contribution in [0.4, 0.5) is 0 Å². The van der Waals surface area contributed by atoms with Gasteiger partial charge in [0.25, 0.3) is 0 Å². The molecule has 0 aliphatic heterocycles. The molecule has 6 heteroatoms. The van der Waals surface area contributed by atoms with E-state index in [4.69, 9.17) is 15.4 Å². The average molecular weight is 269 g/mol. The minimum absolute atomic E-state index is 0.195. The van der Waals surface area contributed by atoms with Gasteiger partial charge in [0, 0.05) is 17.1 Å². The predicted octanol–water partition coefficient (Wildman–Crippen LogP) is 2.07. The number of halogens is 1. The van der Waals surface area contributed by atoms with Crippen molar-refractivity contribution in [3.8, 4) is 0 Å².